The first kappa shape index (κ1) is 11.3. The van der Waals surface area contributed by atoms with Gasteiger partial charge in [-0.15, -0.1) is 0 Å². The summed E-state index contributed by atoms with van der Waals surface area (Å²) in [7, 11) is 0. The second kappa shape index (κ2) is 5.23. The topological polar surface area (TPSA) is 21.3 Å². The Morgan fingerprint density at radius 1 is 0.944 bits per heavy atom. The molecule has 18 heavy (non-hydrogen) atoms. The van der Waals surface area contributed by atoms with Crippen LogP contribution in [0.3, 0.4) is 0 Å². The molecule has 0 spiro atoms. The summed E-state index contributed by atoms with van der Waals surface area (Å²) < 4.78 is 6.10. The van der Waals surface area contributed by atoms with Gasteiger partial charge in [0, 0.05) is 12.1 Å². The molecular weight excluding hydrogens is 222 g/mol. The lowest BCUT2D eigenvalue weighted by Crippen LogP contribution is -2.19. The second-order valence-corrected chi connectivity index (χ2v) is 4.59. The Morgan fingerprint density at radius 2 is 1.72 bits per heavy atom. The van der Waals surface area contributed by atoms with Crippen LogP contribution in [0.4, 0.5) is 0 Å². The Hall–Kier alpha value is -1.80. The highest BCUT2D eigenvalue weighted by Crippen LogP contribution is 2.30. The average molecular weight is 239 g/mol. The molecule has 92 valence electrons. The molecule has 2 aromatic carbocycles. The van der Waals surface area contributed by atoms with E-state index in [1.54, 1.807) is 0 Å². The molecule has 2 nitrogen and oxygen atoms in total. The van der Waals surface area contributed by atoms with Crippen LogP contribution in [0, 0.1) is 0 Å². The minimum atomic E-state index is 0.301. The fraction of sp³-hybridized carbons (Fsp3) is 0.250. The van der Waals surface area contributed by atoms with Gasteiger partial charge in [-0.05, 0) is 24.6 Å². The molecule has 1 aliphatic rings. The van der Waals surface area contributed by atoms with E-state index in [1.807, 2.05) is 12.1 Å². The first-order chi connectivity index (χ1) is 8.93. The van der Waals surface area contributed by atoms with Crippen LogP contribution in [-0.2, 0) is 0 Å². The summed E-state index contributed by atoms with van der Waals surface area (Å²) in [5.41, 5.74) is 2.38. The second-order valence-electron chi connectivity index (χ2n) is 4.59. The number of hydrogen-bond donors (Lipinski definition) is 1. The van der Waals surface area contributed by atoms with E-state index in [-0.39, 0.29) is 0 Å². The number of rotatable bonds is 3. The van der Waals surface area contributed by atoms with Gasteiger partial charge in [-0.1, -0.05) is 48.5 Å². The molecule has 0 aromatic heterocycles. The zero-order chi connectivity index (χ0) is 12.2. The first-order valence-corrected chi connectivity index (χ1v) is 6.45. The molecule has 2 heteroatoms. The standard InChI is InChI=1S/C16H17NO/c1-2-6-13(7-3-1)15-8-4-5-9-16(15)18-14-10-11-17-12-14/h1-9,14,17H,10-12H2/t14-/m0/s1. The Bertz CT molecular complexity index is 504. The normalized spacial score (nSPS) is 18.8. The van der Waals surface area contributed by atoms with Crippen LogP contribution >= 0.6 is 0 Å². The van der Waals surface area contributed by atoms with Crippen molar-refractivity contribution in [3.63, 3.8) is 0 Å². The molecule has 1 atom stereocenters. The van der Waals surface area contributed by atoms with Gasteiger partial charge < -0.3 is 10.1 Å². The van der Waals surface area contributed by atoms with Crippen molar-refractivity contribution < 1.29 is 4.74 Å². The van der Waals surface area contributed by atoms with Gasteiger partial charge in [-0.25, -0.2) is 0 Å². The lowest BCUT2D eigenvalue weighted by molar-refractivity contribution is 0.224. The molecule has 1 saturated heterocycles. The highest BCUT2D eigenvalue weighted by Gasteiger charge is 2.17. The van der Waals surface area contributed by atoms with Gasteiger partial charge in [0.15, 0.2) is 0 Å². The fourth-order valence-electron chi connectivity index (χ4n) is 2.33. The van der Waals surface area contributed by atoms with Gasteiger partial charge >= 0.3 is 0 Å². The minimum Gasteiger partial charge on any atom is -0.488 e. The molecule has 1 N–H and O–H groups in total. The van der Waals surface area contributed by atoms with Crippen molar-refractivity contribution in [3.05, 3.63) is 54.6 Å². The third-order valence-electron chi connectivity index (χ3n) is 3.28. The third kappa shape index (κ3) is 2.39. The number of nitrogens with one attached hydrogen (secondary N) is 1. The molecule has 0 unspecified atom stereocenters. The molecule has 0 saturated carbocycles. The average Bonchev–Trinajstić information content (AvgIpc) is 2.93. The fourth-order valence-corrected chi connectivity index (χ4v) is 2.33. The molecule has 0 aliphatic carbocycles. The maximum absolute atomic E-state index is 6.10. The van der Waals surface area contributed by atoms with Gasteiger partial charge in [0.2, 0.25) is 0 Å². The number of benzene rings is 2. The molecule has 3 rings (SSSR count). The van der Waals surface area contributed by atoms with Crippen LogP contribution in [-0.4, -0.2) is 19.2 Å². The summed E-state index contributed by atoms with van der Waals surface area (Å²) in [6.45, 7) is 2.00. The van der Waals surface area contributed by atoms with Crippen LogP contribution in [0.5, 0.6) is 5.75 Å². The third-order valence-corrected chi connectivity index (χ3v) is 3.28. The van der Waals surface area contributed by atoms with Gasteiger partial charge in [-0.3, -0.25) is 0 Å². The van der Waals surface area contributed by atoms with Crippen molar-refractivity contribution in [1.29, 1.82) is 0 Å². The number of hydrogen-bond acceptors (Lipinski definition) is 2. The summed E-state index contributed by atoms with van der Waals surface area (Å²) in [6, 6.07) is 18.7. The Balaban J connectivity index is 1.90. The molecule has 1 heterocycles. The van der Waals surface area contributed by atoms with Gasteiger partial charge in [0.25, 0.3) is 0 Å². The highest BCUT2D eigenvalue weighted by atomic mass is 16.5. The predicted octanol–water partition coefficient (Wildman–Crippen LogP) is 3.09. The zero-order valence-electron chi connectivity index (χ0n) is 10.3. The monoisotopic (exact) mass is 239 g/mol. The van der Waals surface area contributed by atoms with Crippen molar-refractivity contribution in [3.8, 4) is 16.9 Å². The highest BCUT2D eigenvalue weighted by molar-refractivity contribution is 5.70. The Kier molecular flexibility index (Phi) is 3.29. The summed E-state index contributed by atoms with van der Waals surface area (Å²) in [6.07, 6.45) is 1.39. The molecule has 1 fully saturated rings. The number of ether oxygens (including phenoxy) is 1. The maximum Gasteiger partial charge on any atom is 0.127 e. The molecule has 0 bridgehead atoms. The lowest BCUT2D eigenvalue weighted by Gasteiger charge is -2.16. The van der Waals surface area contributed by atoms with E-state index in [0.717, 1.165) is 25.3 Å². The van der Waals surface area contributed by atoms with Crippen molar-refractivity contribution in [2.75, 3.05) is 13.1 Å². The smallest absolute Gasteiger partial charge is 0.127 e. The summed E-state index contributed by atoms with van der Waals surface area (Å²) >= 11 is 0. The van der Waals surface area contributed by atoms with Crippen molar-refractivity contribution in [1.82, 2.24) is 5.32 Å². The summed E-state index contributed by atoms with van der Waals surface area (Å²) in [5, 5.41) is 3.33. The van der Waals surface area contributed by atoms with Crippen LogP contribution in [0.25, 0.3) is 11.1 Å². The molecule has 2 aromatic rings. The van der Waals surface area contributed by atoms with Crippen molar-refractivity contribution >= 4 is 0 Å². The number of para-hydroxylation sites is 1. The minimum absolute atomic E-state index is 0.301. The van der Waals surface area contributed by atoms with Crippen molar-refractivity contribution in [2.24, 2.45) is 0 Å². The van der Waals surface area contributed by atoms with E-state index in [1.165, 1.54) is 11.1 Å². The molecule has 0 radical (unpaired) electrons. The Labute approximate surface area is 108 Å². The van der Waals surface area contributed by atoms with Crippen LogP contribution in [0.1, 0.15) is 6.42 Å². The Morgan fingerprint density at radius 3 is 2.50 bits per heavy atom. The molecular formula is C16H17NO. The van der Waals surface area contributed by atoms with Gasteiger partial charge in [0.05, 0.1) is 0 Å². The largest absolute Gasteiger partial charge is 0.488 e. The van der Waals surface area contributed by atoms with E-state index < -0.39 is 0 Å². The molecule has 1 aliphatic heterocycles. The van der Waals surface area contributed by atoms with Gasteiger partial charge in [0.1, 0.15) is 11.9 Å². The first-order valence-electron chi connectivity index (χ1n) is 6.45. The van der Waals surface area contributed by atoms with Crippen LogP contribution < -0.4 is 10.1 Å². The van der Waals surface area contributed by atoms with E-state index in [0.29, 0.717) is 6.10 Å². The maximum atomic E-state index is 6.10. The quantitative estimate of drug-likeness (QED) is 0.888. The zero-order valence-corrected chi connectivity index (χ0v) is 10.3. The lowest BCUT2D eigenvalue weighted by atomic mass is 10.0. The van der Waals surface area contributed by atoms with E-state index in [2.05, 4.69) is 47.8 Å². The summed E-state index contributed by atoms with van der Waals surface area (Å²) in [5.74, 6) is 0.984. The van der Waals surface area contributed by atoms with E-state index >= 15 is 0 Å². The summed E-state index contributed by atoms with van der Waals surface area (Å²) in [4.78, 5) is 0. The van der Waals surface area contributed by atoms with E-state index in [9.17, 15) is 0 Å². The van der Waals surface area contributed by atoms with Gasteiger partial charge in [-0.2, -0.15) is 0 Å². The van der Waals surface area contributed by atoms with Crippen LogP contribution in [0.15, 0.2) is 54.6 Å². The van der Waals surface area contributed by atoms with E-state index in [4.69, 9.17) is 4.74 Å². The van der Waals surface area contributed by atoms with Crippen LogP contribution in [0.2, 0.25) is 0 Å². The SMILES string of the molecule is c1ccc(-c2ccccc2O[C@H]2CCNC2)cc1. The molecule has 0 amide bonds. The predicted molar refractivity (Wildman–Crippen MR) is 73.8 cm³/mol. The van der Waals surface area contributed by atoms with Crippen molar-refractivity contribution in [2.45, 2.75) is 12.5 Å².